The molecule has 1 aliphatic heterocycles. The summed E-state index contributed by atoms with van der Waals surface area (Å²) < 4.78 is 5.42. The van der Waals surface area contributed by atoms with Crippen LogP contribution in [0.3, 0.4) is 0 Å². The fourth-order valence-corrected chi connectivity index (χ4v) is 3.46. The molecule has 2 rings (SSSR count). The summed E-state index contributed by atoms with van der Waals surface area (Å²) in [5.74, 6) is 1.18. The van der Waals surface area contributed by atoms with Gasteiger partial charge >= 0.3 is 0 Å². The first-order chi connectivity index (χ1) is 14.0. The lowest BCUT2D eigenvalue weighted by molar-refractivity contribution is 0.394. The zero-order valence-electron chi connectivity index (χ0n) is 17.9. The fourth-order valence-electron chi connectivity index (χ4n) is 3.46. The van der Waals surface area contributed by atoms with E-state index in [-0.39, 0.29) is 23.4 Å². The van der Waals surface area contributed by atoms with Gasteiger partial charge in [-0.05, 0) is 51.4 Å². The number of piperidine rings is 1. The van der Waals surface area contributed by atoms with Gasteiger partial charge in [0.05, 0.1) is 0 Å². The lowest BCUT2D eigenvalue weighted by Gasteiger charge is -2.24. The Morgan fingerprint density at radius 2 is 1.93 bits per heavy atom. The second-order valence-electron chi connectivity index (χ2n) is 7.30. The van der Waals surface area contributed by atoms with Gasteiger partial charge in [-0.1, -0.05) is 19.8 Å². The maximum Gasteiger partial charge on any atom is 0.239 e. The Balaban J connectivity index is 2.08. The zero-order chi connectivity index (χ0) is 21.2. The highest BCUT2D eigenvalue weighted by atomic mass is 16.5. The number of anilines is 2. The number of nitrogens with one attached hydrogen (secondary N) is 5. The summed E-state index contributed by atoms with van der Waals surface area (Å²) >= 11 is 0. The Labute approximate surface area is 174 Å². The van der Waals surface area contributed by atoms with E-state index in [1.165, 1.54) is 12.8 Å². The summed E-state index contributed by atoms with van der Waals surface area (Å²) in [5, 5.41) is 31.0. The first-order valence-electron chi connectivity index (χ1n) is 10.6. The van der Waals surface area contributed by atoms with E-state index in [1.54, 1.807) is 7.05 Å². The van der Waals surface area contributed by atoms with Gasteiger partial charge in [-0.15, -0.1) is 0 Å². The summed E-state index contributed by atoms with van der Waals surface area (Å²) in [6, 6.07) is 3.70. The van der Waals surface area contributed by atoms with E-state index in [4.69, 9.17) is 21.0 Å². The van der Waals surface area contributed by atoms with E-state index in [0.29, 0.717) is 11.4 Å². The number of pyridine rings is 1. The van der Waals surface area contributed by atoms with Gasteiger partial charge in [0.15, 0.2) is 5.90 Å². The number of nitrogens with zero attached hydrogens (tertiary/aromatic N) is 2. The van der Waals surface area contributed by atoms with Crippen molar-refractivity contribution in [1.82, 2.24) is 10.3 Å². The van der Waals surface area contributed by atoms with Gasteiger partial charge in [0, 0.05) is 31.6 Å². The zero-order valence-corrected chi connectivity index (χ0v) is 17.9. The molecule has 1 aromatic rings. The van der Waals surface area contributed by atoms with E-state index in [9.17, 15) is 0 Å². The lowest BCUT2D eigenvalue weighted by atomic mass is 9.98. The van der Waals surface area contributed by atoms with Crippen LogP contribution in [0.25, 0.3) is 0 Å². The molecule has 5 N–H and O–H groups in total. The second kappa shape index (κ2) is 11.5. The third-order valence-electron chi connectivity index (χ3n) is 5.27. The molecule has 0 spiro atoms. The molecule has 0 radical (unpaired) electrons. The summed E-state index contributed by atoms with van der Waals surface area (Å²) in [7, 11) is 1.76. The van der Waals surface area contributed by atoms with E-state index >= 15 is 0 Å². The van der Waals surface area contributed by atoms with Gasteiger partial charge in [-0.2, -0.15) is 0 Å². The minimum absolute atomic E-state index is 0.00917. The normalized spacial score (nSPS) is 14.3. The Morgan fingerprint density at radius 1 is 1.21 bits per heavy atom. The Hall–Kier alpha value is -2.48. The van der Waals surface area contributed by atoms with Crippen LogP contribution in [0, 0.1) is 22.1 Å². The number of hydrogen-bond donors (Lipinski definition) is 5. The first kappa shape index (κ1) is 22.8. The molecule has 1 saturated heterocycles. The van der Waals surface area contributed by atoms with E-state index < -0.39 is 0 Å². The summed E-state index contributed by atoms with van der Waals surface area (Å²) in [5.41, 5.74) is 0.435. The molecule has 0 atom stereocenters. The van der Waals surface area contributed by atoms with Gasteiger partial charge in [0.25, 0.3) is 0 Å². The molecule has 160 valence electrons. The lowest BCUT2D eigenvalue weighted by Crippen LogP contribution is -2.34. The molecule has 1 aliphatic rings. The molecule has 0 amide bonds. The smallest absolute Gasteiger partial charge is 0.239 e. The molecule has 8 nitrogen and oxygen atoms in total. The third-order valence-corrected chi connectivity index (χ3v) is 5.27. The molecule has 0 saturated carbocycles. The molecule has 2 heterocycles. The summed E-state index contributed by atoms with van der Waals surface area (Å²) in [6.07, 6.45) is 5.13. The van der Waals surface area contributed by atoms with Crippen molar-refractivity contribution in [3.63, 3.8) is 0 Å². The third kappa shape index (κ3) is 6.25. The van der Waals surface area contributed by atoms with Crippen LogP contribution in [0.4, 0.5) is 11.6 Å². The van der Waals surface area contributed by atoms with Crippen molar-refractivity contribution in [3.05, 3.63) is 17.7 Å². The molecule has 29 heavy (non-hydrogen) atoms. The van der Waals surface area contributed by atoms with Crippen LogP contribution < -0.4 is 15.5 Å². The second-order valence-corrected chi connectivity index (χ2v) is 7.30. The highest BCUT2D eigenvalue weighted by Gasteiger charge is 2.23. The monoisotopic (exact) mass is 401 g/mol. The molecular weight excluding hydrogens is 366 g/mol. The van der Waals surface area contributed by atoms with Gasteiger partial charge in [0.2, 0.25) is 5.90 Å². The van der Waals surface area contributed by atoms with Crippen LogP contribution in [0.5, 0.6) is 0 Å². The molecular formula is C21H35N7O. The van der Waals surface area contributed by atoms with Crippen molar-refractivity contribution in [3.8, 4) is 0 Å². The van der Waals surface area contributed by atoms with E-state index in [0.717, 1.165) is 51.3 Å². The van der Waals surface area contributed by atoms with Crippen molar-refractivity contribution in [1.29, 1.82) is 16.2 Å². The van der Waals surface area contributed by atoms with Crippen LogP contribution in [-0.2, 0) is 4.74 Å². The largest absolute Gasteiger partial charge is 0.423 e. The Bertz CT molecular complexity index is 713. The van der Waals surface area contributed by atoms with Crippen molar-refractivity contribution in [2.45, 2.75) is 46.0 Å². The van der Waals surface area contributed by atoms with Gasteiger partial charge in [-0.3, -0.25) is 16.2 Å². The van der Waals surface area contributed by atoms with Crippen molar-refractivity contribution in [2.24, 2.45) is 5.92 Å². The van der Waals surface area contributed by atoms with Gasteiger partial charge in [-0.25, -0.2) is 4.98 Å². The standard InChI is InChI=1S/C21H35N7O/c1-4-6-7-14-28(5-2)17-9-8-16(21(25-3)27-17)18(22)20(24)29-19(23)15-10-12-26-13-11-15/h8-9,15,22-24,26H,4-7,10-14H2,1-3H3,(H,25,27). The molecule has 1 fully saturated rings. The maximum atomic E-state index is 8.39. The predicted molar refractivity (Wildman–Crippen MR) is 120 cm³/mol. The molecule has 8 heteroatoms. The minimum Gasteiger partial charge on any atom is -0.423 e. The number of hydrogen-bond acceptors (Lipinski definition) is 8. The maximum absolute atomic E-state index is 8.39. The molecule has 0 bridgehead atoms. The average Bonchev–Trinajstić information content (AvgIpc) is 2.76. The van der Waals surface area contributed by atoms with Gasteiger partial charge in [0.1, 0.15) is 17.3 Å². The van der Waals surface area contributed by atoms with Crippen LogP contribution in [0.1, 0.15) is 51.5 Å². The van der Waals surface area contributed by atoms with Gasteiger partial charge < -0.3 is 20.3 Å². The van der Waals surface area contributed by atoms with Crippen LogP contribution in [0.2, 0.25) is 0 Å². The van der Waals surface area contributed by atoms with Crippen LogP contribution in [-0.4, -0.2) is 55.7 Å². The topological polar surface area (TPSA) is 121 Å². The molecule has 0 aromatic carbocycles. The summed E-state index contributed by atoms with van der Waals surface area (Å²) in [6.45, 7) is 7.81. The van der Waals surface area contributed by atoms with Crippen molar-refractivity contribution >= 4 is 29.1 Å². The number of unbranched alkanes of at least 4 members (excludes halogenated alkanes) is 2. The van der Waals surface area contributed by atoms with E-state index in [1.807, 2.05) is 12.1 Å². The molecule has 0 unspecified atom stereocenters. The SMILES string of the molecule is CCCCCN(CC)c1ccc(C(=N)C(=N)OC(=N)C2CCNCC2)c(NC)n1. The van der Waals surface area contributed by atoms with Crippen molar-refractivity contribution < 1.29 is 4.74 Å². The fraction of sp³-hybridized carbons (Fsp3) is 0.619. The van der Waals surface area contributed by atoms with E-state index in [2.05, 4.69) is 34.4 Å². The highest BCUT2D eigenvalue weighted by Crippen LogP contribution is 2.21. The van der Waals surface area contributed by atoms with Crippen molar-refractivity contribution in [2.75, 3.05) is 43.4 Å². The molecule has 0 aliphatic carbocycles. The number of rotatable bonds is 10. The van der Waals surface area contributed by atoms with Crippen LogP contribution in [0.15, 0.2) is 12.1 Å². The Kier molecular flexibility index (Phi) is 9.05. The predicted octanol–water partition coefficient (Wildman–Crippen LogP) is 3.48. The minimum atomic E-state index is -0.310. The highest BCUT2D eigenvalue weighted by molar-refractivity contribution is 6.45. The first-order valence-corrected chi connectivity index (χ1v) is 10.6. The van der Waals surface area contributed by atoms with Crippen LogP contribution >= 0.6 is 0 Å². The Morgan fingerprint density at radius 3 is 2.55 bits per heavy atom. The average molecular weight is 402 g/mol. The molecule has 1 aromatic heterocycles. The number of ether oxygens (including phenoxy) is 1. The summed E-state index contributed by atoms with van der Waals surface area (Å²) in [4.78, 5) is 6.89. The number of aromatic nitrogens is 1. The quantitative estimate of drug-likeness (QED) is 0.233.